The van der Waals surface area contributed by atoms with Crippen LogP contribution in [0.15, 0.2) is 18.2 Å². The van der Waals surface area contributed by atoms with E-state index in [0.29, 0.717) is 17.9 Å². The summed E-state index contributed by atoms with van der Waals surface area (Å²) in [6.45, 7) is 2.40. The summed E-state index contributed by atoms with van der Waals surface area (Å²) in [5, 5.41) is 12.6. The highest BCUT2D eigenvalue weighted by Gasteiger charge is 2.10. The molecule has 0 aromatic heterocycles. The molecular weight excluding hydrogens is 229 g/mol. The second kappa shape index (κ2) is 5.96. The van der Waals surface area contributed by atoms with Crippen LogP contribution in [0.1, 0.15) is 18.5 Å². The second-order valence-corrected chi connectivity index (χ2v) is 5.21. The minimum Gasteiger partial charge on any atom is -0.508 e. The van der Waals surface area contributed by atoms with Gasteiger partial charge in [0.25, 0.3) is 0 Å². The number of phenolic OH excluding ortho intramolecular Hbond substituents is 1. The van der Waals surface area contributed by atoms with Gasteiger partial charge in [-0.1, -0.05) is 0 Å². The van der Waals surface area contributed by atoms with E-state index in [0.717, 1.165) is 0 Å². The van der Waals surface area contributed by atoms with Gasteiger partial charge in [0, 0.05) is 41.0 Å². The highest BCUT2D eigenvalue weighted by atomic mass is 32.2. The minimum absolute atomic E-state index is 0.0685. The fourth-order valence-electron chi connectivity index (χ4n) is 1.40. The summed E-state index contributed by atoms with van der Waals surface area (Å²) in [7, 11) is -0.847. The molecule has 0 amide bonds. The summed E-state index contributed by atoms with van der Waals surface area (Å²) in [6.07, 6.45) is 1.63. The first-order chi connectivity index (χ1) is 7.50. The lowest BCUT2D eigenvalue weighted by Crippen LogP contribution is -2.23. The third-order valence-electron chi connectivity index (χ3n) is 2.30. The topological polar surface area (TPSA) is 49.3 Å². The van der Waals surface area contributed by atoms with E-state index in [9.17, 15) is 13.7 Å². The van der Waals surface area contributed by atoms with Crippen molar-refractivity contribution in [3.63, 3.8) is 0 Å². The van der Waals surface area contributed by atoms with Crippen LogP contribution < -0.4 is 5.32 Å². The normalized spacial score (nSPS) is 14.7. The third kappa shape index (κ3) is 3.90. The van der Waals surface area contributed by atoms with Crippen molar-refractivity contribution in [3.8, 4) is 5.75 Å². The molecule has 2 unspecified atom stereocenters. The molecule has 0 bridgehead atoms. The van der Waals surface area contributed by atoms with Gasteiger partial charge in [0.2, 0.25) is 0 Å². The number of hydrogen-bond acceptors (Lipinski definition) is 3. The molecule has 90 valence electrons. The zero-order chi connectivity index (χ0) is 12.1. The van der Waals surface area contributed by atoms with E-state index >= 15 is 0 Å². The van der Waals surface area contributed by atoms with Crippen LogP contribution in [-0.4, -0.2) is 27.9 Å². The Morgan fingerprint density at radius 3 is 2.88 bits per heavy atom. The van der Waals surface area contributed by atoms with Crippen molar-refractivity contribution in [1.29, 1.82) is 0 Å². The fraction of sp³-hybridized carbons (Fsp3) is 0.455. The molecular formula is C11H16FNO2S. The van der Waals surface area contributed by atoms with Gasteiger partial charge in [0.05, 0.1) is 0 Å². The monoisotopic (exact) mass is 245 g/mol. The Balaban J connectivity index is 2.61. The molecule has 0 saturated heterocycles. The van der Waals surface area contributed by atoms with Gasteiger partial charge in [-0.3, -0.25) is 4.21 Å². The molecule has 0 spiro atoms. The maximum Gasteiger partial charge on any atom is 0.123 e. The van der Waals surface area contributed by atoms with Gasteiger partial charge in [0.1, 0.15) is 11.6 Å². The maximum atomic E-state index is 13.0. The lowest BCUT2D eigenvalue weighted by molar-refractivity contribution is 0.451. The molecule has 3 nitrogen and oxygen atoms in total. The summed E-state index contributed by atoms with van der Waals surface area (Å²) in [4.78, 5) is 0. The maximum absolute atomic E-state index is 13.0. The SMILES string of the molecule is CC(NCCS(C)=O)c1cc(F)ccc1O. The summed E-state index contributed by atoms with van der Waals surface area (Å²) < 4.78 is 23.8. The van der Waals surface area contributed by atoms with Crippen molar-refractivity contribution in [2.24, 2.45) is 0 Å². The molecule has 0 radical (unpaired) electrons. The first-order valence-electron chi connectivity index (χ1n) is 5.02. The average molecular weight is 245 g/mol. The van der Waals surface area contributed by atoms with Gasteiger partial charge in [-0.2, -0.15) is 0 Å². The predicted octanol–water partition coefficient (Wildman–Crippen LogP) is 1.56. The minimum atomic E-state index is -0.847. The Labute approximate surface area is 97.1 Å². The Morgan fingerprint density at radius 2 is 2.25 bits per heavy atom. The summed E-state index contributed by atoms with van der Waals surface area (Å²) in [5.41, 5.74) is 0.516. The fourth-order valence-corrected chi connectivity index (χ4v) is 1.81. The Kier molecular flexibility index (Phi) is 4.89. The van der Waals surface area contributed by atoms with Crippen LogP contribution >= 0.6 is 0 Å². The first kappa shape index (κ1) is 13.1. The predicted molar refractivity (Wildman–Crippen MR) is 63.4 cm³/mol. The van der Waals surface area contributed by atoms with Crippen molar-refractivity contribution < 1.29 is 13.7 Å². The van der Waals surface area contributed by atoms with E-state index in [1.165, 1.54) is 18.2 Å². The van der Waals surface area contributed by atoms with Crippen LogP contribution in [-0.2, 0) is 10.8 Å². The van der Waals surface area contributed by atoms with E-state index in [-0.39, 0.29) is 17.6 Å². The first-order valence-corrected chi connectivity index (χ1v) is 6.75. The van der Waals surface area contributed by atoms with E-state index in [1.807, 2.05) is 6.92 Å². The summed E-state index contributed by atoms with van der Waals surface area (Å²) >= 11 is 0. The number of aromatic hydroxyl groups is 1. The molecule has 1 aromatic rings. The molecule has 0 saturated carbocycles. The van der Waals surface area contributed by atoms with Crippen molar-refractivity contribution in [2.45, 2.75) is 13.0 Å². The molecule has 2 N–H and O–H groups in total. The van der Waals surface area contributed by atoms with Gasteiger partial charge >= 0.3 is 0 Å². The Hall–Kier alpha value is -0.940. The lowest BCUT2D eigenvalue weighted by Gasteiger charge is -2.15. The van der Waals surface area contributed by atoms with E-state index in [1.54, 1.807) is 6.26 Å². The zero-order valence-electron chi connectivity index (χ0n) is 9.37. The number of hydrogen-bond donors (Lipinski definition) is 2. The van der Waals surface area contributed by atoms with Crippen LogP contribution in [0.4, 0.5) is 4.39 Å². The Morgan fingerprint density at radius 1 is 1.56 bits per heavy atom. The highest BCUT2D eigenvalue weighted by Crippen LogP contribution is 2.24. The van der Waals surface area contributed by atoms with Gasteiger partial charge in [-0.05, 0) is 25.1 Å². The van der Waals surface area contributed by atoms with Crippen LogP contribution in [0, 0.1) is 5.82 Å². The third-order valence-corrected chi connectivity index (χ3v) is 3.08. The van der Waals surface area contributed by atoms with Crippen LogP contribution in [0.2, 0.25) is 0 Å². The van der Waals surface area contributed by atoms with Gasteiger partial charge in [-0.15, -0.1) is 0 Å². The van der Waals surface area contributed by atoms with Gasteiger partial charge in [0.15, 0.2) is 0 Å². The average Bonchev–Trinajstić information content (AvgIpc) is 2.21. The molecule has 0 aliphatic carbocycles. The molecule has 0 aliphatic heterocycles. The largest absolute Gasteiger partial charge is 0.508 e. The van der Waals surface area contributed by atoms with Crippen molar-refractivity contribution >= 4 is 10.8 Å². The molecule has 0 aliphatic rings. The Bertz CT molecular complexity index is 384. The highest BCUT2D eigenvalue weighted by molar-refractivity contribution is 7.84. The molecule has 0 heterocycles. The molecule has 1 aromatic carbocycles. The van der Waals surface area contributed by atoms with Crippen LogP contribution in [0.3, 0.4) is 0 Å². The molecule has 1 rings (SSSR count). The summed E-state index contributed by atoms with van der Waals surface area (Å²) in [5.74, 6) is 0.236. The van der Waals surface area contributed by atoms with Crippen molar-refractivity contribution in [3.05, 3.63) is 29.6 Å². The van der Waals surface area contributed by atoms with Gasteiger partial charge < -0.3 is 10.4 Å². The summed E-state index contributed by atoms with van der Waals surface area (Å²) in [6, 6.07) is 3.68. The standard InChI is InChI=1S/C11H16FNO2S/c1-8(13-5-6-16(2)15)10-7-9(12)3-4-11(10)14/h3-4,7-8,13-14H,5-6H2,1-2H3. The van der Waals surface area contributed by atoms with Crippen LogP contribution in [0.25, 0.3) is 0 Å². The van der Waals surface area contributed by atoms with E-state index in [2.05, 4.69) is 5.32 Å². The molecule has 5 heteroatoms. The number of phenols is 1. The number of rotatable bonds is 5. The second-order valence-electron chi connectivity index (χ2n) is 3.66. The number of nitrogens with one attached hydrogen (secondary N) is 1. The van der Waals surface area contributed by atoms with E-state index in [4.69, 9.17) is 0 Å². The lowest BCUT2D eigenvalue weighted by atomic mass is 10.1. The zero-order valence-corrected chi connectivity index (χ0v) is 10.2. The van der Waals surface area contributed by atoms with Crippen molar-refractivity contribution in [1.82, 2.24) is 5.32 Å². The molecule has 0 fully saturated rings. The molecule has 16 heavy (non-hydrogen) atoms. The number of benzene rings is 1. The smallest absolute Gasteiger partial charge is 0.123 e. The molecule has 2 atom stereocenters. The van der Waals surface area contributed by atoms with E-state index < -0.39 is 10.8 Å². The quantitative estimate of drug-likeness (QED) is 0.827. The van der Waals surface area contributed by atoms with Crippen molar-refractivity contribution in [2.75, 3.05) is 18.6 Å². The van der Waals surface area contributed by atoms with Crippen LogP contribution in [0.5, 0.6) is 5.75 Å². The number of halogens is 1. The van der Waals surface area contributed by atoms with Gasteiger partial charge in [-0.25, -0.2) is 4.39 Å².